The molecule has 3 nitrogen and oxygen atoms in total. The minimum Gasteiger partial charge on any atom is -0.480 e. The van der Waals surface area contributed by atoms with Gasteiger partial charge in [-0.2, -0.15) is 0 Å². The van der Waals surface area contributed by atoms with Gasteiger partial charge in [0.25, 0.3) is 0 Å². The fourth-order valence-electron chi connectivity index (χ4n) is 1.46. The maximum absolute atomic E-state index is 11.7. The Kier molecular flexibility index (Phi) is 5.19. The van der Waals surface area contributed by atoms with Crippen molar-refractivity contribution in [3.05, 3.63) is 35.9 Å². The summed E-state index contributed by atoms with van der Waals surface area (Å²) in [6.07, 6.45) is 1.08. The number of hydrogen-bond donors (Lipinski definition) is 1. The molecule has 0 heterocycles. The molecule has 2 unspecified atom stereocenters. The summed E-state index contributed by atoms with van der Waals surface area (Å²) in [5, 5.41) is 8.25. The summed E-state index contributed by atoms with van der Waals surface area (Å²) in [7, 11) is -1.29. The molecule has 0 radical (unpaired) electrons. The highest BCUT2D eigenvalue weighted by Gasteiger charge is 2.24. The van der Waals surface area contributed by atoms with E-state index >= 15 is 0 Å². The van der Waals surface area contributed by atoms with Crippen LogP contribution in [0, 0.1) is 0 Å². The zero-order valence-corrected chi connectivity index (χ0v) is 10.1. The lowest BCUT2D eigenvalue weighted by Crippen LogP contribution is -2.29. The Bertz CT molecular complexity index is 362. The van der Waals surface area contributed by atoms with Crippen molar-refractivity contribution in [1.82, 2.24) is 0 Å². The molecule has 88 valence electrons. The van der Waals surface area contributed by atoms with Gasteiger partial charge in [-0.3, -0.25) is 9.00 Å². The van der Waals surface area contributed by atoms with Crippen LogP contribution in [-0.4, -0.2) is 26.3 Å². The van der Waals surface area contributed by atoms with Gasteiger partial charge in [-0.25, -0.2) is 0 Å². The van der Waals surface area contributed by atoms with E-state index in [1.807, 2.05) is 37.3 Å². The van der Waals surface area contributed by atoms with Crippen molar-refractivity contribution >= 4 is 16.8 Å². The molecular weight excluding hydrogens is 224 g/mol. The average molecular weight is 240 g/mol. The highest BCUT2D eigenvalue weighted by Crippen LogP contribution is 2.09. The number of rotatable bonds is 6. The maximum atomic E-state index is 11.7. The van der Waals surface area contributed by atoms with Crippen LogP contribution in [0.5, 0.6) is 0 Å². The summed E-state index contributed by atoms with van der Waals surface area (Å²) in [6, 6.07) is 9.31. The van der Waals surface area contributed by atoms with E-state index in [9.17, 15) is 9.00 Å². The Morgan fingerprint density at radius 2 is 2.00 bits per heavy atom. The Morgan fingerprint density at radius 1 is 1.38 bits per heavy atom. The number of hydrogen-bond acceptors (Lipinski definition) is 2. The molecule has 0 aliphatic heterocycles. The normalized spacial score (nSPS) is 14.3. The largest absolute Gasteiger partial charge is 0.480 e. The van der Waals surface area contributed by atoms with E-state index in [1.165, 1.54) is 0 Å². The second kappa shape index (κ2) is 6.43. The molecule has 1 rings (SSSR count). The highest BCUT2D eigenvalue weighted by atomic mass is 32.2. The van der Waals surface area contributed by atoms with Gasteiger partial charge in [0, 0.05) is 16.6 Å². The third-order valence-corrected chi connectivity index (χ3v) is 4.08. The van der Waals surface area contributed by atoms with Crippen LogP contribution in [0.3, 0.4) is 0 Å². The van der Waals surface area contributed by atoms with E-state index in [0.29, 0.717) is 12.2 Å². The molecule has 0 aliphatic carbocycles. The predicted molar refractivity (Wildman–Crippen MR) is 64.9 cm³/mol. The van der Waals surface area contributed by atoms with Gasteiger partial charge in [0.15, 0.2) is 0 Å². The molecule has 0 spiro atoms. The molecule has 0 aromatic heterocycles. The van der Waals surface area contributed by atoms with Crippen molar-refractivity contribution in [2.24, 2.45) is 0 Å². The molecule has 0 amide bonds. The molecule has 0 aliphatic rings. The second-order valence-electron chi connectivity index (χ2n) is 3.60. The highest BCUT2D eigenvalue weighted by molar-refractivity contribution is 7.86. The lowest BCUT2D eigenvalue weighted by atomic mass is 10.1. The summed E-state index contributed by atoms with van der Waals surface area (Å²) in [5.41, 5.74) is 0.916. The summed E-state index contributed by atoms with van der Waals surface area (Å²) >= 11 is 0. The van der Waals surface area contributed by atoms with Crippen molar-refractivity contribution in [2.45, 2.75) is 25.0 Å². The van der Waals surface area contributed by atoms with Crippen molar-refractivity contribution in [3.8, 4) is 0 Å². The van der Waals surface area contributed by atoms with Gasteiger partial charge in [0.2, 0.25) is 0 Å². The lowest BCUT2D eigenvalue weighted by molar-refractivity contribution is -0.136. The third kappa shape index (κ3) is 3.77. The monoisotopic (exact) mass is 240 g/mol. The fourth-order valence-corrected chi connectivity index (χ4v) is 2.75. The van der Waals surface area contributed by atoms with Gasteiger partial charge < -0.3 is 5.11 Å². The molecule has 1 N–H and O–H groups in total. The van der Waals surface area contributed by atoms with Gasteiger partial charge in [-0.1, -0.05) is 37.3 Å². The Balaban J connectivity index is 2.73. The predicted octanol–water partition coefficient (Wildman–Crippen LogP) is 1.84. The van der Waals surface area contributed by atoms with Crippen LogP contribution in [0.1, 0.15) is 18.9 Å². The van der Waals surface area contributed by atoms with Gasteiger partial charge in [-0.15, -0.1) is 0 Å². The Morgan fingerprint density at radius 3 is 2.50 bits per heavy atom. The van der Waals surface area contributed by atoms with Crippen LogP contribution in [0.4, 0.5) is 0 Å². The molecule has 4 heteroatoms. The first-order valence-corrected chi connectivity index (χ1v) is 6.67. The first kappa shape index (κ1) is 12.9. The van der Waals surface area contributed by atoms with E-state index in [0.717, 1.165) is 12.0 Å². The van der Waals surface area contributed by atoms with E-state index in [2.05, 4.69) is 0 Å². The van der Waals surface area contributed by atoms with Gasteiger partial charge in [0.1, 0.15) is 5.25 Å². The molecule has 0 saturated heterocycles. The smallest absolute Gasteiger partial charge is 0.319 e. The SMILES string of the molecule is CCCS(=O)C(Cc1ccccc1)C(=O)O. The summed E-state index contributed by atoms with van der Waals surface area (Å²) < 4.78 is 11.7. The minimum absolute atomic E-state index is 0.336. The van der Waals surface area contributed by atoms with Crippen molar-refractivity contribution in [2.75, 3.05) is 5.75 Å². The van der Waals surface area contributed by atoms with Gasteiger partial charge >= 0.3 is 5.97 Å². The quantitative estimate of drug-likeness (QED) is 0.825. The Hall–Kier alpha value is -1.16. The topological polar surface area (TPSA) is 54.4 Å². The third-order valence-electron chi connectivity index (χ3n) is 2.26. The second-order valence-corrected chi connectivity index (χ2v) is 5.34. The van der Waals surface area contributed by atoms with Gasteiger partial charge in [0.05, 0.1) is 0 Å². The van der Waals surface area contributed by atoms with Crippen molar-refractivity contribution in [1.29, 1.82) is 0 Å². The lowest BCUT2D eigenvalue weighted by Gasteiger charge is -2.11. The number of aliphatic carboxylic acids is 1. The molecule has 1 aromatic carbocycles. The summed E-state index contributed by atoms with van der Waals surface area (Å²) in [4.78, 5) is 11.0. The van der Waals surface area contributed by atoms with E-state index in [4.69, 9.17) is 5.11 Å². The van der Waals surface area contributed by atoms with E-state index in [1.54, 1.807) is 0 Å². The number of carbonyl (C=O) groups is 1. The maximum Gasteiger partial charge on any atom is 0.319 e. The van der Waals surface area contributed by atoms with Crippen LogP contribution in [-0.2, 0) is 22.0 Å². The molecule has 2 atom stereocenters. The molecule has 16 heavy (non-hydrogen) atoms. The zero-order valence-electron chi connectivity index (χ0n) is 9.26. The standard InChI is InChI=1S/C12H16O3S/c1-2-8-16(15)11(12(13)14)9-10-6-4-3-5-7-10/h3-7,11H,2,8-9H2,1H3,(H,13,14). The zero-order chi connectivity index (χ0) is 12.0. The minimum atomic E-state index is -1.29. The number of carboxylic acid groups (broad SMARTS) is 1. The van der Waals surface area contributed by atoms with Crippen LogP contribution in [0.15, 0.2) is 30.3 Å². The first-order chi connectivity index (χ1) is 7.65. The van der Waals surface area contributed by atoms with E-state index < -0.39 is 22.0 Å². The summed E-state index contributed by atoms with van der Waals surface area (Å²) in [6.45, 7) is 1.90. The van der Waals surface area contributed by atoms with Crippen molar-refractivity contribution < 1.29 is 14.1 Å². The molecular formula is C12H16O3S. The molecule has 0 bridgehead atoms. The molecule has 1 aromatic rings. The Labute approximate surface area is 98.0 Å². The van der Waals surface area contributed by atoms with E-state index in [-0.39, 0.29) is 0 Å². The van der Waals surface area contributed by atoms with Crippen LogP contribution >= 0.6 is 0 Å². The average Bonchev–Trinajstić information content (AvgIpc) is 2.27. The first-order valence-electron chi connectivity index (χ1n) is 5.29. The van der Waals surface area contributed by atoms with Crippen LogP contribution < -0.4 is 0 Å². The molecule has 0 fully saturated rings. The number of carboxylic acids is 1. The summed E-state index contributed by atoms with van der Waals surface area (Å²) in [5.74, 6) is -0.528. The van der Waals surface area contributed by atoms with Crippen molar-refractivity contribution in [3.63, 3.8) is 0 Å². The van der Waals surface area contributed by atoms with Crippen LogP contribution in [0.25, 0.3) is 0 Å². The molecule has 0 saturated carbocycles. The van der Waals surface area contributed by atoms with Gasteiger partial charge in [-0.05, 0) is 18.4 Å². The van der Waals surface area contributed by atoms with Crippen LogP contribution in [0.2, 0.25) is 0 Å². The number of benzene rings is 1. The fraction of sp³-hybridized carbons (Fsp3) is 0.417.